The van der Waals surface area contributed by atoms with Crippen LogP contribution in [0.2, 0.25) is 0 Å². The van der Waals surface area contributed by atoms with E-state index in [0.29, 0.717) is 6.42 Å². The van der Waals surface area contributed by atoms with Crippen LogP contribution in [0.1, 0.15) is 25.3 Å². The third kappa shape index (κ3) is 4.66. The summed E-state index contributed by atoms with van der Waals surface area (Å²) in [5.41, 5.74) is 0.754. The second-order valence-corrected chi connectivity index (χ2v) is 5.23. The van der Waals surface area contributed by atoms with Crippen molar-refractivity contribution in [2.45, 2.75) is 38.3 Å². The Bertz CT molecular complexity index is 538. The van der Waals surface area contributed by atoms with Gasteiger partial charge in [0.1, 0.15) is 12.1 Å². The number of hydrogen-bond donors (Lipinski definition) is 2. The molecule has 0 saturated carbocycles. The van der Waals surface area contributed by atoms with Gasteiger partial charge in [0.05, 0.1) is 0 Å². The molecule has 2 atom stereocenters. The van der Waals surface area contributed by atoms with E-state index < -0.39 is 24.0 Å². The van der Waals surface area contributed by atoms with Crippen LogP contribution in [0.25, 0.3) is 0 Å². The van der Waals surface area contributed by atoms with Crippen LogP contribution in [-0.4, -0.2) is 36.5 Å². The lowest BCUT2D eigenvalue weighted by Crippen LogP contribution is -2.45. The molecule has 1 fully saturated rings. The molecule has 1 aliphatic rings. The first kappa shape index (κ1) is 16.2. The van der Waals surface area contributed by atoms with Crippen molar-refractivity contribution in [3.63, 3.8) is 0 Å². The molecule has 1 heterocycles. The molecule has 1 saturated heterocycles. The average Bonchev–Trinajstić information content (AvgIpc) is 3.01. The predicted molar refractivity (Wildman–Crippen MR) is 78.7 cm³/mol. The number of benzene rings is 1. The zero-order chi connectivity index (χ0) is 15.9. The van der Waals surface area contributed by atoms with Gasteiger partial charge in [-0.1, -0.05) is 24.3 Å². The smallest absolute Gasteiger partial charge is 0.336 e. The van der Waals surface area contributed by atoms with E-state index in [2.05, 4.69) is 16.7 Å². The van der Waals surface area contributed by atoms with E-state index in [1.165, 1.54) is 6.92 Å². The SMILES string of the molecule is CC(=O)NC(Cc1[c]cccc1)C(=O)OC(=O)[C@@H]1CCCN1. The Morgan fingerprint density at radius 3 is 2.86 bits per heavy atom. The topological polar surface area (TPSA) is 84.5 Å². The van der Waals surface area contributed by atoms with Crippen LogP contribution in [0, 0.1) is 6.07 Å². The van der Waals surface area contributed by atoms with Gasteiger partial charge in [0.25, 0.3) is 0 Å². The summed E-state index contributed by atoms with van der Waals surface area (Å²) in [5, 5.41) is 5.49. The Balaban J connectivity index is 1.99. The molecule has 2 rings (SSSR count). The van der Waals surface area contributed by atoms with E-state index in [0.717, 1.165) is 18.5 Å². The minimum atomic E-state index is -0.901. The van der Waals surface area contributed by atoms with E-state index in [-0.39, 0.29) is 12.3 Å². The van der Waals surface area contributed by atoms with Gasteiger partial charge in [-0.05, 0) is 31.0 Å². The molecule has 0 spiro atoms. The maximum absolute atomic E-state index is 12.2. The van der Waals surface area contributed by atoms with E-state index in [1.807, 2.05) is 12.1 Å². The maximum atomic E-state index is 12.2. The monoisotopic (exact) mass is 303 g/mol. The number of esters is 2. The molecular weight excluding hydrogens is 284 g/mol. The zero-order valence-electron chi connectivity index (χ0n) is 12.4. The molecule has 1 amide bonds. The number of nitrogens with one attached hydrogen (secondary N) is 2. The normalized spacial score (nSPS) is 18.5. The third-order valence-electron chi connectivity index (χ3n) is 3.41. The molecule has 6 nitrogen and oxygen atoms in total. The quantitative estimate of drug-likeness (QED) is 0.606. The molecule has 2 N–H and O–H groups in total. The fourth-order valence-corrected chi connectivity index (χ4v) is 2.34. The Morgan fingerprint density at radius 1 is 1.45 bits per heavy atom. The zero-order valence-corrected chi connectivity index (χ0v) is 12.4. The predicted octanol–water partition coefficient (Wildman–Crippen LogP) is 0.356. The number of carbonyl (C=O) groups excluding carboxylic acids is 3. The average molecular weight is 303 g/mol. The van der Waals surface area contributed by atoms with Crippen molar-refractivity contribution in [3.05, 3.63) is 35.9 Å². The molecule has 1 aliphatic heterocycles. The van der Waals surface area contributed by atoms with E-state index in [4.69, 9.17) is 4.74 Å². The largest absolute Gasteiger partial charge is 0.390 e. The standard InChI is InChI=1S/C16H19N2O4/c1-11(19)18-14(10-12-6-3-2-4-7-12)16(21)22-15(20)13-8-5-9-17-13/h2-4,6,13-14,17H,5,8-10H2,1H3,(H,18,19)/t13-,14?/m0/s1. The van der Waals surface area contributed by atoms with Crippen LogP contribution in [0.4, 0.5) is 0 Å². The van der Waals surface area contributed by atoms with E-state index in [1.54, 1.807) is 12.1 Å². The molecule has 6 heteroatoms. The highest BCUT2D eigenvalue weighted by Gasteiger charge is 2.29. The van der Waals surface area contributed by atoms with Gasteiger partial charge in [-0.3, -0.25) is 4.79 Å². The van der Waals surface area contributed by atoms with Crippen molar-refractivity contribution in [1.29, 1.82) is 0 Å². The molecule has 0 aromatic heterocycles. The van der Waals surface area contributed by atoms with Gasteiger partial charge in [-0.15, -0.1) is 0 Å². The minimum absolute atomic E-state index is 0.227. The summed E-state index contributed by atoms with van der Waals surface area (Å²) in [6.07, 6.45) is 1.76. The molecule has 117 valence electrons. The van der Waals surface area contributed by atoms with E-state index >= 15 is 0 Å². The summed E-state index contributed by atoms with van der Waals surface area (Å²) < 4.78 is 4.90. The van der Waals surface area contributed by atoms with Crippen LogP contribution >= 0.6 is 0 Å². The van der Waals surface area contributed by atoms with Gasteiger partial charge in [-0.2, -0.15) is 0 Å². The summed E-state index contributed by atoms with van der Waals surface area (Å²) in [7, 11) is 0. The fraction of sp³-hybridized carbons (Fsp3) is 0.438. The van der Waals surface area contributed by atoms with Gasteiger partial charge >= 0.3 is 11.9 Å². The Hall–Kier alpha value is -2.21. The summed E-state index contributed by atoms with van der Waals surface area (Å²) in [6, 6.07) is 8.78. The maximum Gasteiger partial charge on any atom is 0.336 e. The van der Waals surface area contributed by atoms with Crippen molar-refractivity contribution in [3.8, 4) is 0 Å². The second kappa shape index (κ2) is 7.70. The first-order chi connectivity index (χ1) is 10.6. The first-order valence-corrected chi connectivity index (χ1v) is 7.28. The molecule has 1 radical (unpaired) electrons. The lowest BCUT2D eigenvalue weighted by Gasteiger charge is -2.17. The lowest BCUT2D eigenvalue weighted by molar-refractivity contribution is -0.163. The molecular formula is C16H19N2O4. The van der Waals surface area contributed by atoms with Crippen molar-refractivity contribution < 1.29 is 19.1 Å². The van der Waals surface area contributed by atoms with Crippen molar-refractivity contribution in [1.82, 2.24) is 10.6 Å². The summed E-state index contributed by atoms with van der Waals surface area (Å²) in [6.45, 7) is 2.05. The molecule has 22 heavy (non-hydrogen) atoms. The Labute approximate surface area is 129 Å². The van der Waals surface area contributed by atoms with Gasteiger partial charge in [0, 0.05) is 13.3 Å². The highest BCUT2D eigenvalue weighted by atomic mass is 16.6. The van der Waals surface area contributed by atoms with E-state index in [9.17, 15) is 14.4 Å². The highest BCUT2D eigenvalue weighted by molar-refractivity contribution is 5.93. The van der Waals surface area contributed by atoms with Crippen LogP contribution in [0.15, 0.2) is 24.3 Å². The molecule has 1 aromatic carbocycles. The Morgan fingerprint density at radius 2 is 2.27 bits per heavy atom. The molecule has 0 bridgehead atoms. The van der Waals surface area contributed by atoms with Crippen LogP contribution in [-0.2, 0) is 25.5 Å². The summed E-state index contributed by atoms with van der Waals surface area (Å²) in [5.74, 6) is -1.69. The number of carbonyl (C=O) groups is 3. The number of amides is 1. The lowest BCUT2D eigenvalue weighted by atomic mass is 10.1. The van der Waals surface area contributed by atoms with Gasteiger partial charge in [-0.25, -0.2) is 9.59 Å². The van der Waals surface area contributed by atoms with Gasteiger partial charge in [0.15, 0.2) is 0 Å². The van der Waals surface area contributed by atoms with Crippen LogP contribution in [0.3, 0.4) is 0 Å². The minimum Gasteiger partial charge on any atom is -0.390 e. The summed E-state index contributed by atoms with van der Waals surface area (Å²) >= 11 is 0. The van der Waals surface area contributed by atoms with Crippen LogP contribution in [0.5, 0.6) is 0 Å². The van der Waals surface area contributed by atoms with Crippen molar-refractivity contribution in [2.75, 3.05) is 6.54 Å². The highest BCUT2D eigenvalue weighted by Crippen LogP contribution is 2.09. The first-order valence-electron chi connectivity index (χ1n) is 7.28. The van der Waals surface area contributed by atoms with Crippen LogP contribution < -0.4 is 10.6 Å². The van der Waals surface area contributed by atoms with Crippen molar-refractivity contribution in [2.24, 2.45) is 0 Å². The fourth-order valence-electron chi connectivity index (χ4n) is 2.34. The third-order valence-corrected chi connectivity index (χ3v) is 3.41. The summed E-state index contributed by atoms with van der Waals surface area (Å²) in [4.78, 5) is 35.3. The molecule has 0 aliphatic carbocycles. The van der Waals surface area contributed by atoms with Crippen molar-refractivity contribution >= 4 is 17.8 Å². The van der Waals surface area contributed by atoms with Gasteiger partial charge < -0.3 is 15.4 Å². The number of rotatable bonds is 5. The Kier molecular flexibility index (Phi) is 5.66. The number of hydrogen-bond acceptors (Lipinski definition) is 5. The molecule has 1 aromatic rings. The molecule has 1 unspecified atom stereocenters. The van der Waals surface area contributed by atoms with Gasteiger partial charge in [0.2, 0.25) is 5.91 Å². The second-order valence-electron chi connectivity index (χ2n) is 5.23. The number of ether oxygens (including phenoxy) is 1.